The summed E-state index contributed by atoms with van der Waals surface area (Å²) < 4.78 is 0. The van der Waals surface area contributed by atoms with Gasteiger partial charge in [0.15, 0.2) is 5.78 Å². The molecule has 72 valence electrons. The Morgan fingerprint density at radius 3 is 3.00 bits per heavy atom. The van der Waals surface area contributed by atoms with Crippen LogP contribution in [0.1, 0.15) is 29.6 Å². The third kappa shape index (κ3) is 1.53. The third-order valence-corrected chi connectivity index (χ3v) is 2.42. The maximum atomic E-state index is 11.9. The molecule has 1 aromatic heterocycles. The number of nitrogen functional groups attached to an aromatic ring is 1. The van der Waals surface area contributed by atoms with Gasteiger partial charge >= 0.3 is 0 Å². The number of anilines is 1. The van der Waals surface area contributed by atoms with Gasteiger partial charge in [-0.05, 0) is 37.0 Å². The standard InChI is InChI=1S/C11H12N2O/c12-11-9(6-3-7-13-11)10(14)8-4-1-2-5-8/h3-4,6-7H,1-2,5H2,(H2,12,13). The van der Waals surface area contributed by atoms with Crippen LogP contribution in [0.4, 0.5) is 5.82 Å². The van der Waals surface area contributed by atoms with E-state index in [0.29, 0.717) is 11.4 Å². The molecule has 1 aliphatic rings. The van der Waals surface area contributed by atoms with Crippen molar-refractivity contribution in [1.29, 1.82) is 0 Å². The van der Waals surface area contributed by atoms with Gasteiger partial charge in [-0.15, -0.1) is 0 Å². The summed E-state index contributed by atoms with van der Waals surface area (Å²) in [5, 5.41) is 0. The monoisotopic (exact) mass is 188 g/mol. The molecule has 3 heteroatoms. The summed E-state index contributed by atoms with van der Waals surface area (Å²) in [6.45, 7) is 0. The molecule has 0 amide bonds. The molecule has 1 heterocycles. The predicted molar refractivity (Wildman–Crippen MR) is 54.9 cm³/mol. The molecule has 0 saturated carbocycles. The van der Waals surface area contributed by atoms with E-state index in [2.05, 4.69) is 4.98 Å². The molecule has 0 radical (unpaired) electrons. The van der Waals surface area contributed by atoms with Crippen LogP contribution in [-0.2, 0) is 0 Å². The molecular weight excluding hydrogens is 176 g/mol. The molecule has 0 aromatic carbocycles. The van der Waals surface area contributed by atoms with Crippen LogP contribution >= 0.6 is 0 Å². The number of hydrogen-bond donors (Lipinski definition) is 1. The van der Waals surface area contributed by atoms with Gasteiger partial charge < -0.3 is 5.73 Å². The van der Waals surface area contributed by atoms with Crippen LogP contribution in [0.5, 0.6) is 0 Å². The van der Waals surface area contributed by atoms with Crippen LogP contribution in [0.25, 0.3) is 0 Å². The summed E-state index contributed by atoms with van der Waals surface area (Å²) in [5.41, 5.74) is 7.04. The zero-order valence-electron chi connectivity index (χ0n) is 7.86. The van der Waals surface area contributed by atoms with Crippen LogP contribution in [-0.4, -0.2) is 10.8 Å². The molecule has 0 atom stereocenters. The van der Waals surface area contributed by atoms with Gasteiger partial charge in [-0.25, -0.2) is 4.98 Å². The van der Waals surface area contributed by atoms with Gasteiger partial charge in [-0.2, -0.15) is 0 Å². The second-order valence-corrected chi connectivity index (χ2v) is 3.39. The van der Waals surface area contributed by atoms with E-state index in [1.54, 1.807) is 18.3 Å². The lowest BCUT2D eigenvalue weighted by Crippen LogP contribution is -2.06. The van der Waals surface area contributed by atoms with Crippen molar-refractivity contribution in [3.63, 3.8) is 0 Å². The Bertz CT molecular complexity index is 396. The first kappa shape index (κ1) is 8.94. The molecular formula is C11H12N2O. The summed E-state index contributed by atoms with van der Waals surface area (Å²) in [7, 11) is 0. The molecule has 0 fully saturated rings. The highest BCUT2D eigenvalue weighted by molar-refractivity contribution is 6.11. The molecule has 3 nitrogen and oxygen atoms in total. The van der Waals surface area contributed by atoms with Crippen molar-refractivity contribution in [1.82, 2.24) is 4.98 Å². The van der Waals surface area contributed by atoms with Crippen LogP contribution in [0.2, 0.25) is 0 Å². The number of aromatic nitrogens is 1. The van der Waals surface area contributed by atoms with Gasteiger partial charge in [0.25, 0.3) is 0 Å². The average Bonchev–Trinajstić information content (AvgIpc) is 2.70. The zero-order valence-corrected chi connectivity index (χ0v) is 7.86. The normalized spacial score (nSPS) is 15.3. The number of pyridine rings is 1. The van der Waals surface area contributed by atoms with Crippen molar-refractivity contribution in [2.24, 2.45) is 0 Å². The van der Waals surface area contributed by atoms with Crippen molar-refractivity contribution < 1.29 is 4.79 Å². The van der Waals surface area contributed by atoms with E-state index in [0.717, 1.165) is 24.8 Å². The van der Waals surface area contributed by atoms with Crippen molar-refractivity contribution >= 4 is 11.6 Å². The van der Waals surface area contributed by atoms with E-state index in [1.807, 2.05) is 6.08 Å². The first-order chi connectivity index (χ1) is 6.79. The first-order valence-electron chi connectivity index (χ1n) is 4.73. The van der Waals surface area contributed by atoms with Crippen LogP contribution in [0, 0.1) is 0 Å². The Kier molecular flexibility index (Phi) is 2.31. The molecule has 0 saturated heterocycles. The van der Waals surface area contributed by atoms with Crippen molar-refractivity contribution in [2.75, 3.05) is 5.73 Å². The quantitative estimate of drug-likeness (QED) is 0.722. The molecule has 2 rings (SSSR count). The third-order valence-electron chi connectivity index (χ3n) is 2.42. The summed E-state index contributed by atoms with van der Waals surface area (Å²) in [6, 6.07) is 3.46. The van der Waals surface area contributed by atoms with Gasteiger partial charge in [-0.3, -0.25) is 4.79 Å². The van der Waals surface area contributed by atoms with E-state index in [1.165, 1.54) is 0 Å². The van der Waals surface area contributed by atoms with Gasteiger partial charge in [0.1, 0.15) is 5.82 Å². The van der Waals surface area contributed by atoms with Crippen LogP contribution in [0.15, 0.2) is 30.0 Å². The average molecular weight is 188 g/mol. The zero-order chi connectivity index (χ0) is 9.97. The number of ketones is 1. The topological polar surface area (TPSA) is 56.0 Å². The number of hydrogen-bond acceptors (Lipinski definition) is 3. The van der Waals surface area contributed by atoms with Crippen LogP contribution in [0.3, 0.4) is 0 Å². The SMILES string of the molecule is Nc1ncccc1C(=O)C1=CCCC1. The largest absolute Gasteiger partial charge is 0.383 e. The number of allylic oxidation sites excluding steroid dienone is 2. The number of Topliss-reactive ketones (excluding diaryl/α,β-unsaturated/α-hetero) is 1. The Morgan fingerprint density at radius 2 is 2.36 bits per heavy atom. The second-order valence-electron chi connectivity index (χ2n) is 3.39. The molecule has 0 spiro atoms. The minimum atomic E-state index is 0.0353. The van der Waals surface area contributed by atoms with E-state index in [4.69, 9.17) is 5.73 Å². The fourth-order valence-electron chi connectivity index (χ4n) is 1.66. The van der Waals surface area contributed by atoms with Crippen molar-refractivity contribution in [3.05, 3.63) is 35.5 Å². The highest BCUT2D eigenvalue weighted by atomic mass is 16.1. The molecule has 0 bridgehead atoms. The Balaban J connectivity index is 2.31. The number of carbonyl (C=O) groups is 1. The summed E-state index contributed by atoms with van der Waals surface area (Å²) in [4.78, 5) is 15.8. The molecule has 0 unspecified atom stereocenters. The number of rotatable bonds is 2. The maximum Gasteiger partial charge on any atom is 0.192 e. The lowest BCUT2D eigenvalue weighted by molar-refractivity contribution is 0.103. The lowest BCUT2D eigenvalue weighted by Gasteiger charge is -2.03. The number of nitrogens with zero attached hydrogens (tertiary/aromatic N) is 1. The molecule has 1 aliphatic carbocycles. The highest BCUT2D eigenvalue weighted by Crippen LogP contribution is 2.23. The summed E-state index contributed by atoms with van der Waals surface area (Å²) >= 11 is 0. The van der Waals surface area contributed by atoms with Crippen molar-refractivity contribution in [3.8, 4) is 0 Å². The number of nitrogens with two attached hydrogens (primary N) is 1. The van der Waals surface area contributed by atoms with Crippen LogP contribution < -0.4 is 5.73 Å². The minimum absolute atomic E-state index is 0.0353. The predicted octanol–water partition coefficient (Wildman–Crippen LogP) is 1.96. The Labute approximate surface area is 82.6 Å². The van der Waals surface area contributed by atoms with Gasteiger partial charge in [-0.1, -0.05) is 6.08 Å². The summed E-state index contributed by atoms with van der Waals surface area (Å²) in [5.74, 6) is 0.360. The van der Waals surface area contributed by atoms with Crippen molar-refractivity contribution in [2.45, 2.75) is 19.3 Å². The number of carbonyl (C=O) groups excluding carboxylic acids is 1. The highest BCUT2D eigenvalue weighted by Gasteiger charge is 2.17. The molecule has 1 aromatic rings. The van der Waals surface area contributed by atoms with Gasteiger partial charge in [0.2, 0.25) is 0 Å². The maximum absolute atomic E-state index is 11.9. The second kappa shape index (κ2) is 3.62. The Hall–Kier alpha value is -1.64. The van der Waals surface area contributed by atoms with E-state index >= 15 is 0 Å². The molecule has 14 heavy (non-hydrogen) atoms. The molecule has 2 N–H and O–H groups in total. The Morgan fingerprint density at radius 1 is 1.50 bits per heavy atom. The fraction of sp³-hybridized carbons (Fsp3) is 0.273. The minimum Gasteiger partial charge on any atom is -0.383 e. The smallest absolute Gasteiger partial charge is 0.192 e. The fourth-order valence-corrected chi connectivity index (χ4v) is 1.66. The summed E-state index contributed by atoms with van der Waals surface area (Å²) in [6.07, 6.45) is 6.53. The van der Waals surface area contributed by atoms with Gasteiger partial charge in [0.05, 0.1) is 5.56 Å². The van der Waals surface area contributed by atoms with E-state index < -0.39 is 0 Å². The lowest BCUT2D eigenvalue weighted by atomic mass is 10.0. The van der Waals surface area contributed by atoms with E-state index in [-0.39, 0.29) is 5.78 Å². The molecule has 0 aliphatic heterocycles. The van der Waals surface area contributed by atoms with Gasteiger partial charge in [0, 0.05) is 6.20 Å². The van der Waals surface area contributed by atoms with E-state index in [9.17, 15) is 4.79 Å². The first-order valence-corrected chi connectivity index (χ1v) is 4.73.